The monoisotopic (exact) mass is 396 g/mol. The highest BCUT2D eigenvalue weighted by Crippen LogP contribution is 2.33. The third kappa shape index (κ3) is 4.98. The normalized spacial score (nSPS) is 21.6. The summed E-state index contributed by atoms with van der Waals surface area (Å²) < 4.78 is 31.2. The lowest BCUT2D eigenvalue weighted by atomic mass is 9.93. The third-order valence-electron chi connectivity index (χ3n) is 5.08. The molecule has 0 radical (unpaired) electrons. The summed E-state index contributed by atoms with van der Waals surface area (Å²) in [5.41, 5.74) is 2.22. The van der Waals surface area contributed by atoms with Crippen LogP contribution in [0.2, 0.25) is 0 Å². The van der Waals surface area contributed by atoms with Crippen LogP contribution in [0.15, 0.2) is 48.5 Å². The van der Waals surface area contributed by atoms with E-state index in [-0.39, 0.29) is 24.0 Å². The minimum Gasteiger partial charge on any atom is -0.497 e. The summed E-state index contributed by atoms with van der Waals surface area (Å²) in [4.78, 5) is 2.44. The van der Waals surface area contributed by atoms with Gasteiger partial charge in [0.05, 0.1) is 13.2 Å². The molecule has 0 bridgehead atoms. The number of methoxy groups -OCH3 is 1. The molecule has 0 saturated carbocycles. The van der Waals surface area contributed by atoms with Gasteiger partial charge >= 0.3 is 0 Å². The molecule has 2 aromatic carbocycles. The SMILES string of the molecule is COc1ccc(C(c2ccc(C(F)F)cc2)N2C[C@H](C)NC[C@H]2C)cc1.Cl. The van der Waals surface area contributed by atoms with E-state index in [1.54, 1.807) is 7.11 Å². The van der Waals surface area contributed by atoms with Gasteiger partial charge in [-0.15, -0.1) is 12.4 Å². The minimum absolute atomic E-state index is 0. The van der Waals surface area contributed by atoms with Crippen molar-refractivity contribution in [2.75, 3.05) is 20.2 Å². The van der Waals surface area contributed by atoms with Gasteiger partial charge in [0.2, 0.25) is 0 Å². The second-order valence-corrected chi connectivity index (χ2v) is 7.00. The van der Waals surface area contributed by atoms with Crippen LogP contribution in [0.3, 0.4) is 0 Å². The number of rotatable bonds is 5. The van der Waals surface area contributed by atoms with Crippen LogP contribution >= 0.6 is 12.4 Å². The number of hydrogen-bond acceptors (Lipinski definition) is 3. The molecule has 1 fully saturated rings. The van der Waals surface area contributed by atoms with Crippen molar-refractivity contribution in [3.05, 3.63) is 65.2 Å². The number of nitrogens with one attached hydrogen (secondary N) is 1. The second kappa shape index (κ2) is 9.49. The Kier molecular flexibility index (Phi) is 7.59. The fraction of sp³-hybridized carbons (Fsp3) is 0.429. The predicted octanol–water partition coefficient (Wildman–Crippen LogP) is 4.83. The number of benzene rings is 2. The van der Waals surface area contributed by atoms with Crippen molar-refractivity contribution < 1.29 is 13.5 Å². The third-order valence-corrected chi connectivity index (χ3v) is 5.08. The Bertz CT molecular complexity index is 709. The molecule has 3 nitrogen and oxygen atoms in total. The van der Waals surface area contributed by atoms with E-state index in [4.69, 9.17) is 4.74 Å². The Morgan fingerprint density at radius 3 is 2.00 bits per heavy atom. The Labute approximate surface area is 166 Å². The summed E-state index contributed by atoms with van der Waals surface area (Å²) in [5, 5.41) is 3.50. The highest BCUT2D eigenvalue weighted by Gasteiger charge is 2.31. The van der Waals surface area contributed by atoms with Crippen molar-refractivity contribution in [2.45, 2.75) is 38.4 Å². The smallest absolute Gasteiger partial charge is 0.263 e. The number of halogens is 3. The predicted molar refractivity (Wildman–Crippen MR) is 107 cm³/mol. The fourth-order valence-corrected chi connectivity index (χ4v) is 3.59. The summed E-state index contributed by atoms with van der Waals surface area (Å²) in [5.74, 6) is 0.808. The Balaban J connectivity index is 0.00000261. The van der Waals surface area contributed by atoms with Gasteiger partial charge in [0.1, 0.15) is 5.75 Å². The molecule has 3 atom stereocenters. The van der Waals surface area contributed by atoms with Crippen LogP contribution < -0.4 is 10.1 Å². The van der Waals surface area contributed by atoms with E-state index in [2.05, 4.69) is 36.2 Å². The molecule has 1 unspecified atom stereocenters. The van der Waals surface area contributed by atoms with Crippen molar-refractivity contribution in [1.82, 2.24) is 10.2 Å². The van der Waals surface area contributed by atoms with Crippen LogP contribution in [0.4, 0.5) is 8.78 Å². The summed E-state index contributed by atoms with van der Waals surface area (Å²) in [6.45, 7) is 6.17. The van der Waals surface area contributed by atoms with Gasteiger partial charge in [0.15, 0.2) is 0 Å². The van der Waals surface area contributed by atoms with Crippen molar-refractivity contribution in [1.29, 1.82) is 0 Å². The molecule has 1 aliphatic rings. The van der Waals surface area contributed by atoms with Crippen LogP contribution in [0.25, 0.3) is 0 Å². The van der Waals surface area contributed by atoms with Crippen molar-refractivity contribution in [3.63, 3.8) is 0 Å². The second-order valence-electron chi connectivity index (χ2n) is 7.00. The first-order chi connectivity index (χ1) is 12.5. The summed E-state index contributed by atoms with van der Waals surface area (Å²) in [6, 6.07) is 15.5. The summed E-state index contributed by atoms with van der Waals surface area (Å²) in [7, 11) is 1.65. The quantitative estimate of drug-likeness (QED) is 0.783. The zero-order valence-corrected chi connectivity index (χ0v) is 16.7. The number of alkyl halides is 2. The fourth-order valence-electron chi connectivity index (χ4n) is 3.59. The van der Waals surface area contributed by atoms with Crippen LogP contribution in [0.1, 0.15) is 43.0 Å². The van der Waals surface area contributed by atoms with Crippen molar-refractivity contribution in [2.24, 2.45) is 0 Å². The lowest BCUT2D eigenvalue weighted by Crippen LogP contribution is -2.55. The van der Waals surface area contributed by atoms with Gasteiger partial charge in [-0.2, -0.15) is 0 Å². The van der Waals surface area contributed by atoms with Gasteiger partial charge in [-0.1, -0.05) is 36.4 Å². The van der Waals surface area contributed by atoms with Gasteiger partial charge in [-0.25, -0.2) is 8.78 Å². The minimum atomic E-state index is -2.44. The molecule has 6 heteroatoms. The highest BCUT2D eigenvalue weighted by atomic mass is 35.5. The number of hydrogen-bond donors (Lipinski definition) is 1. The first kappa shape index (κ1) is 21.6. The molecule has 0 spiro atoms. The van der Waals surface area contributed by atoms with Gasteiger partial charge in [0, 0.05) is 30.7 Å². The number of ether oxygens (including phenoxy) is 1. The molecule has 0 amide bonds. The highest BCUT2D eigenvalue weighted by molar-refractivity contribution is 5.85. The largest absolute Gasteiger partial charge is 0.497 e. The topological polar surface area (TPSA) is 24.5 Å². The molecule has 1 heterocycles. The zero-order chi connectivity index (χ0) is 18.7. The lowest BCUT2D eigenvalue weighted by molar-refractivity contribution is 0.113. The number of piperazine rings is 1. The molecule has 27 heavy (non-hydrogen) atoms. The van der Waals surface area contributed by atoms with E-state index in [0.717, 1.165) is 30.0 Å². The standard InChI is InChI=1S/C21H26F2N2O.ClH/c1-14-13-25(15(2)12-24-14)20(17-8-10-19(26-3)11-9-17)16-4-6-18(7-5-16)21(22)23;/h4-11,14-15,20-21,24H,12-13H2,1-3H3;1H/t14-,15+,20?;/m0./s1. The molecule has 3 rings (SSSR count). The van der Waals surface area contributed by atoms with Gasteiger partial charge in [0.25, 0.3) is 6.43 Å². The van der Waals surface area contributed by atoms with E-state index in [0.29, 0.717) is 12.1 Å². The summed E-state index contributed by atoms with van der Waals surface area (Å²) >= 11 is 0. The molecular weight excluding hydrogens is 370 g/mol. The van der Waals surface area contributed by atoms with Crippen molar-refractivity contribution in [3.8, 4) is 5.75 Å². The molecule has 1 N–H and O–H groups in total. The molecule has 148 valence electrons. The van der Waals surface area contributed by atoms with Crippen molar-refractivity contribution >= 4 is 12.4 Å². The van der Waals surface area contributed by atoms with Crippen LogP contribution in [0, 0.1) is 0 Å². The molecule has 2 aromatic rings. The summed E-state index contributed by atoms with van der Waals surface area (Å²) in [6.07, 6.45) is -2.44. The molecule has 1 aliphatic heterocycles. The van der Waals surface area contributed by atoms with E-state index < -0.39 is 6.43 Å². The molecule has 1 saturated heterocycles. The Hall–Kier alpha value is -1.69. The zero-order valence-electron chi connectivity index (χ0n) is 15.9. The van der Waals surface area contributed by atoms with Crippen LogP contribution in [-0.2, 0) is 0 Å². The van der Waals surface area contributed by atoms with E-state index in [9.17, 15) is 8.78 Å². The molecule has 0 aromatic heterocycles. The van der Waals surface area contributed by atoms with E-state index in [1.807, 2.05) is 24.3 Å². The van der Waals surface area contributed by atoms with Gasteiger partial charge in [-0.3, -0.25) is 4.90 Å². The van der Waals surface area contributed by atoms with Crippen LogP contribution in [-0.4, -0.2) is 37.2 Å². The van der Waals surface area contributed by atoms with E-state index in [1.165, 1.54) is 12.1 Å². The first-order valence-corrected chi connectivity index (χ1v) is 9.00. The maximum Gasteiger partial charge on any atom is 0.263 e. The lowest BCUT2D eigenvalue weighted by Gasteiger charge is -2.43. The first-order valence-electron chi connectivity index (χ1n) is 9.00. The average molecular weight is 397 g/mol. The maximum atomic E-state index is 12.9. The molecule has 0 aliphatic carbocycles. The van der Waals surface area contributed by atoms with Crippen LogP contribution in [0.5, 0.6) is 5.75 Å². The van der Waals surface area contributed by atoms with Gasteiger partial charge in [-0.05, 0) is 37.1 Å². The molecular formula is C21H27ClF2N2O. The maximum absolute atomic E-state index is 12.9. The Morgan fingerprint density at radius 2 is 1.48 bits per heavy atom. The Morgan fingerprint density at radius 1 is 0.963 bits per heavy atom. The number of nitrogens with zero attached hydrogens (tertiary/aromatic N) is 1. The average Bonchev–Trinajstić information content (AvgIpc) is 2.66. The van der Waals surface area contributed by atoms with Gasteiger partial charge < -0.3 is 10.1 Å². The van der Waals surface area contributed by atoms with E-state index >= 15 is 0 Å².